The summed E-state index contributed by atoms with van der Waals surface area (Å²) in [5.41, 5.74) is 1.45. The summed E-state index contributed by atoms with van der Waals surface area (Å²) in [6.45, 7) is 1.12. The number of carbonyl (C=O) groups is 1. The lowest BCUT2D eigenvalue weighted by Crippen LogP contribution is -2.32. The van der Waals surface area contributed by atoms with Crippen molar-refractivity contribution in [3.63, 3.8) is 0 Å². The van der Waals surface area contributed by atoms with Gasteiger partial charge < -0.3 is 14.2 Å². The number of hydrogen-bond acceptors (Lipinski definition) is 6. The molecule has 1 amide bonds. The first-order chi connectivity index (χ1) is 11.7. The minimum atomic E-state index is -0.127. The highest BCUT2D eigenvalue weighted by molar-refractivity contribution is 6.30. The first kappa shape index (κ1) is 15.4. The fourth-order valence-corrected chi connectivity index (χ4v) is 3.32. The molecule has 2 aliphatic rings. The van der Waals surface area contributed by atoms with E-state index in [0.29, 0.717) is 23.8 Å². The van der Waals surface area contributed by atoms with Crippen molar-refractivity contribution < 1.29 is 14.1 Å². The predicted octanol–water partition coefficient (Wildman–Crippen LogP) is 2.29. The third-order valence-electron chi connectivity index (χ3n) is 4.45. The van der Waals surface area contributed by atoms with Gasteiger partial charge in [-0.3, -0.25) is 4.79 Å². The van der Waals surface area contributed by atoms with Crippen LogP contribution in [0.5, 0.6) is 6.01 Å². The molecule has 1 saturated heterocycles. The largest absolute Gasteiger partial charge is 0.458 e. The van der Waals surface area contributed by atoms with E-state index in [-0.39, 0.29) is 18.0 Å². The molecule has 24 heavy (non-hydrogen) atoms. The highest BCUT2D eigenvalue weighted by Gasteiger charge is 2.33. The highest BCUT2D eigenvalue weighted by atomic mass is 35.5. The van der Waals surface area contributed by atoms with Gasteiger partial charge in [0.2, 0.25) is 0 Å². The normalized spacial score (nSPS) is 20.0. The van der Waals surface area contributed by atoms with E-state index >= 15 is 0 Å². The van der Waals surface area contributed by atoms with Crippen LogP contribution < -0.4 is 4.74 Å². The number of aromatic nitrogens is 3. The number of hydrogen-bond donors (Lipinski definition) is 0. The second-order valence-electron chi connectivity index (χ2n) is 6.10. The van der Waals surface area contributed by atoms with Crippen LogP contribution in [0, 0.1) is 0 Å². The Hall–Kier alpha value is -2.15. The lowest BCUT2D eigenvalue weighted by molar-refractivity contribution is 0.0758. The predicted molar refractivity (Wildman–Crippen MR) is 85.1 cm³/mol. The SMILES string of the molecule is O=C(c1noc2c1CCCC2)N1CC[C@H](Oc2ncc(Cl)cn2)C1. The summed E-state index contributed by atoms with van der Waals surface area (Å²) in [4.78, 5) is 22.5. The minimum absolute atomic E-state index is 0.0787. The molecule has 0 bridgehead atoms. The summed E-state index contributed by atoms with van der Waals surface area (Å²) in [5, 5.41) is 4.47. The van der Waals surface area contributed by atoms with Gasteiger partial charge in [0.15, 0.2) is 5.69 Å². The van der Waals surface area contributed by atoms with Gasteiger partial charge in [-0.2, -0.15) is 0 Å². The third-order valence-corrected chi connectivity index (χ3v) is 4.65. The summed E-state index contributed by atoms with van der Waals surface area (Å²) < 4.78 is 11.1. The van der Waals surface area contributed by atoms with Gasteiger partial charge in [-0.1, -0.05) is 16.8 Å². The van der Waals surface area contributed by atoms with Crippen molar-refractivity contribution in [3.05, 3.63) is 34.4 Å². The summed E-state index contributed by atoms with van der Waals surface area (Å²) in [6, 6.07) is 0.275. The van der Waals surface area contributed by atoms with Crippen LogP contribution >= 0.6 is 11.6 Å². The van der Waals surface area contributed by atoms with E-state index in [1.54, 1.807) is 4.90 Å². The van der Waals surface area contributed by atoms with Gasteiger partial charge in [-0.05, 0) is 19.3 Å². The molecule has 3 heterocycles. The average Bonchev–Trinajstić information content (AvgIpc) is 3.23. The van der Waals surface area contributed by atoms with Crippen LogP contribution in [0.2, 0.25) is 5.02 Å². The Bertz CT molecular complexity index is 746. The fraction of sp³-hybridized carbons (Fsp3) is 0.500. The molecule has 126 valence electrons. The van der Waals surface area contributed by atoms with Crippen molar-refractivity contribution in [2.24, 2.45) is 0 Å². The van der Waals surface area contributed by atoms with Crippen molar-refractivity contribution in [1.82, 2.24) is 20.0 Å². The maximum Gasteiger partial charge on any atom is 0.316 e. The van der Waals surface area contributed by atoms with Gasteiger partial charge in [0.05, 0.1) is 24.0 Å². The second kappa shape index (κ2) is 6.39. The number of nitrogens with zero attached hydrogens (tertiary/aromatic N) is 4. The number of amides is 1. The third kappa shape index (κ3) is 2.96. The molecule has 7 nitrogen and oxygen atoms in total. The van der Waals surface area contributed by atoms with Gasteiger partial charge >= 0.3 is 6.01 Å². The highest BCUT2D eigenvalue weighted by Crippen LogP contribution is 2.26. The zero-order chi connectivity index (χ0) is 16.5. The lowest BCUT2D eigenvalue weighted by atomic mass is 9.96. The van der Waals surface area contributed by atoms with Gasteiger partial charge in [-0.15, -0.1) is 0 Å². The Morgan fingerprint density at radius 3 is 2.92 bits per heavy atom. The van der Waals surface area contributed by atoms with Crippen molar-refractivity contribution in [2.45, 2.75) is 38.2 Å². The Morgan fingerprint density at radius 2 is 2.08 bits per heavy atom. The molecule has 0 aromatic carbocycles. The molecular weight excluding hydrogens is 332 g/mol. The maximum atomic E-state index is 12.7. The van der Waals surface area contributed by atoms with E-state index in [9.17, 15) is 4.79 Å². The van der Waals surface area contributed by atoms with Crippen LogP contribution in [0.1, 0.15) is 41.1 Å². The molecule has 8 heteroatoms. The second-order valence-corrected chi connectivity index (χ2v) is 6.54. The molecule has 0 N–H and O–H groups in total. The first-order valence-electron chi connectivity index (χ1n) is 8.11. The van der Waals surface area contributed by atoms with Crippen LogP contribution in [0.3, 0.4) is 0 Å². The molecule has 0 saturated carbocycles. The number of halogens is 1. The van der Waals surface area contributed by atoms with Crippen LogP contribution in [0.4, 0.5) is 0 Å². The molecule has 1 aliphatic heterocycles. The van der Waals surface area contributed by atoms with Crippen molar-refractivity contribution in [1.29, 1.82) is 0 Å². The summed E-state index contributed by atoms with van der Waals surface area (Å²) in [7, 11) is 0. The fourth-order valence-electron chi connectivity index (χ4n) is 3.22. The molecule has 1 fully saturated rings. The molecule has 0 unspecified atom stereocenters. The van der Waals surface area contributed by atoms with Gasteiger partial charge in [0.25, 0.3) is 5.91 Å². The minimum Gasteiger partial charge on any atom is -0.458 e. The van der Waals surface area contributed by atoms with E-state index in [1.807, 2.05) is 0 Å². The first-order valence-corrected chi connectivity index (χ1v) is 8.49. The molecule has 1 aliphatic carbocycles. The van der Waals surface area contributed by atoms with Crippen molar-refractivity contribution >= 4 is 17.5 Å². The number of rotatable bonds is 3. The van der Waals surface area contributed by atoms with E-state index in [0.717, 1.165) is 43.4 Å². The Morgan fingerprint density at radius 1 is 1.29 bits per heavy atom. The van der Waals surface area contributed by atoms with Crippen LogP contribution in [-0.2, 0) is 12.8 Å². The number of aryl methyl sites for hydroxylation is 1. The zero-order valence-electron chi connectivity index (χ0n) is 13.1. The standard InChI is InChI=1S/C16H17ClN4O3/c17-10-7-18-16(19-8-10)23-11-5-6-21(9-11)15(22)14-12-3-1-2-4-13(12)24-20-14/h7-8,11H,1-6,9H2/t11-/m0/s1. The number of ether oxygens (including phenoxy) is 1. The lowest BCUT2D eigenvalue weighted by Gasteiger charge is -2.16. The molecule has 4 rings (SSSR count). The van der Waals surface area contributed by atoms with E-state index in [2.05, 4.69) is 15.1 Å². The van der Waals surface area contributed by atoms with Gasteiger partial charge in [0.1, 0.15) is 11.9 Å². The average molecular weight is 349 g/mol. The van der Waals surface area contributed by atoms with E-state index < -0.39 is 0 Å². The Balaban J connectivity index is 1.42. The van der Waals surface area contributed by atoms with Crippen LogP contribution in [0.25, 0.3) is 0 Å². The van der Waals surface area contributed by atoms with E-state index in [1.165, 1.54) is 12.4 Å². The molecule has 0 radical (unpaired) electrons. The van der Waals surface area contributed by atoms with Crippen LogP contribution in [0.15, 0.2) is 16.9 Å². The zero-order valence-corrected chi connectivity index (χ0v) is 13.8. The molecular formula is C16H17ClN4O3. The number of likely N-dealkylation sites (tertiary alicyclic amines) is 1. The molecule has 2 aromatic heterocycles. The van der Waals surface area contributed by atoms with E-state index in [4.69, 9.17) is 20.9 Å². The summed E-state index contributed by atoms with van der Waals surface area (Å²) in [6.07, 6.45) is 7.49. The maximum absolute atomic E-state index is 12.7. The van der Waals surface area contributed by atoms with Gasteiger partial charge in [-0.25, -0.2) is 9.97 Å². The number of carbonyl (C=O) groups excluding carboxylic acids is 1. The molecule has 2 aromatic rings. The topological polar surface area (TPSA) is 81.4 Å². The van der Waals surface area contributed by atoms with Crippen molar-refractivity contribution in [2.75, 3.05) is 13.1 Å². The molecule has 0 spiro atoms. The summed E-state index contributed by atoms with van der Waals surface area (Å²) >= 11 is 5.76. The molecule has 1 atom stereocenters. The Kier molecular flexibility index (Phi) is 4.10. The van der Waals surface area contributed by atoms with Gasteiger partial charge in [0, 0.05) is 24.9 Å². The smallest absolute Gasteiger partial charge is 0.316 e. The van der Waals surface area contributed by atoms with Crippen molar-refractivity contribution in [3.8, 4) is 6.01 Å². The monoisotopic (exact) mass is 348 g/mol. The number of fused-ring (bicyclic) bond motifs is 1. The van der Waals surface area contributed by atoms with Crippen LogP contribution in [-0.4, -0.2) is 45.1 Å². The quantitative estimate of drug-likeness (QED) is 0.846. The Labute approximate surface area is 144 Å². The summed E-state index contributed by atoms with van der Waals surface area (Å²) in [5.74, 6) is 0.788.